The average molecular weight is 428 g/mol. The molecule has 0 bridgehead atoms. The third kappa shape index (κ3) is 3.05. The number of hydrogen-bond donors (Lipinski definition) is 1. The lowest BCUT2D eigenvalue weighted by Gasteiger charge is -2.12. The van der Waals surface area contributed by atoms with Gasteiger partial charge in [0.15, 0.2) is 0 Å². The van der Waals surface area contributed by atoms with Crippen molar-refractivity contribution in [1.29, 1.82) is 0 Å². The van der Waals surface area contributed by atoms with Crippen LogP contribution in [0.3, 0.4) is 0 Å². The summed E-state index contributed by atoms with van der Waals surface area (Å²) < 4.78 is 1.85. The molecule has 0 amide bonds. The molecule has 1 aromatic carbocycles. The number of aryl methyl sites for hydroxylation is 1. The Bertz CT molecular complexity index is 837. The van der Waals surface area contributed by atoms with Gasteiger partial charge in [-0.05, 0) is 68.6 Å². The van der Waals surface area contributed by atoms with Gasteiger partial charge in [-0.1, -0.05) is 11.6 Å². The van der Waals surface area contributed by atoms with Gasteiger partial charge in [0.1, 0.15) is 5.52 Å². The van der Waals surface area contributed by atoms with Crippen LogP contribution in [0.4, 0.5) is 11.4 Å². The average Bonchev–Trinajstić information content (AvgIpc) is 2.44. The molecular weight excluding hydrogens is 417 g/mol. The first-order chi connectivity index (χ1) is 10.0. The van der Waals surface area contributed by atoms with Crippen LogP contribution in [0.5, 0.6) is 0 Å². The number of aromatic nitrogens is 2. The van der Waals surface area contributed by atoms with Crippen LogP contribution < -0.4 is 5.32 Å². The quantitative estimate of drug-likeness (QED) is 0.557. The van der Waals surface area contributed by atoms with Crippen LogP contribution in [0, 0.1) is 6.92 Å². The maximum atomic E-state index is 6.20. The van der Waals surface area contributed by atoms with Gasteiger partial charge in [0.2, 0.25) is 0 Å². The van der Waals surface area contributed by atoms with Gasteiger partial charge in [0.05, 0.1) is 16.9 Å². The van der Waals surface area contributed by atoms with Gasteiger partial charge in [0.25, 0.3) is 0 Å². The van der Waals surface area contributed by atoms with Crippen LogP contribution in [0.1, 0.15) is 5.56 Å². The standard InChI is InChI=1S/C15H10Br2ClN3/c1-8-4-10(17)13(6-11(8)18)21-12-2-3-19-14-5-9(16)7-20-15(12)14/h2-7H,1H3,(H,19,21). The molecule has 0 spiro atoms. The lowest BCUT2D eigenvalue weighted by molar-refractivity contribution is 1.32. The van der Waals surface area contributed by atoms with E-state index in [1.807, 2.05) is 31.2 Å². The van der Waals surface area contributed by atoms with Crippen molar-refractivity contribution in [2.24, 2.45) is 0 Å². The van der Waals surface area contributed by atoms with Crippen molar-refractivity contribution >= 4 is 65.9 Å². The second kappa shape index (κ2) is 5.91. The smallest absolute Gasteiger partial charge is 0.112 e. The summed E-state index contributed by atoms with van der Waals surface area (Å²) in [6.07, 6.45) is 3.51. The van der Waals surface area contributed by atoms with Crippen LogP contribution in [-0.4, -0.2) is 9.97 Å². The minimum absolute atomic E-state index is 0.717. The van der Waals surface area contributed by atoms with Crippen LogP contribution >= 0.6 is 43.5 Å². The van der Waals surface area contributed by atoms with Crippen molar-refractivity contribution in [3.8, 4) is 0 Å². The van der Waals surface area contributed by atoms with E-state index in [2.05, 4.69) is 47.1 Å². The Morgan fingerprint density at radius 2 is 1.90 bits per heavy atom. The number of nitrogens with zero attached hydrogens (tertiary/aromatic N) is 2. The predicted molar refractivity (Wildman–Crippen MR) is 94.4 cm³/mol. The van der Waals surface area contributed by atoms with Crippen LogP contribution in [0.15, 0.2) is 45.6 Å². The predicted octanol–water partition coefficient (Wildman–Crippen LogP) is 5.86. The summed E-state index contributed by atoms with van der Waals surface area (Å²) in [5.41, 5.74) is 4.43. The molecule has 21 heavy (non-hydrogen) atoms. The molecule has 3 nitrogen and oxygen atoms in total. The van der Waals surface area contributed by atoms with E-state index in [9.17, 15) is 0 Å². The van der Waals surface area contributed by atoms with Gasteiger partial charge < -0.3 is 5.32 Å². The van der Waals surface area contributed by atoms with E-state index < -0.39 is 0 Å². The van der Waals surface area contributed by atoms with E-state index in [0.717, 1.165) is 41.9 Å². The van der Waals surface area contributed by atoms with Gasteiger partial charge in [-0.2, -0.15) is 0 Å². The van der Waals surface area contributed by atoms with Gasteiger partial charge in [-0.15, -0.1) is 0 Å². The topological polar surface area (TPSA) is 37.8 Å². The zero-order valence-corrected chi connectivity index (χ0v) is 14.9. The summed E-state index contributed by atoms with van der Waals surface area (Å²) in [4.78, 5) is 8.75. The van der Waals surface area contributed by atoms with Crippen molar-refractivity contribution in [2.45, 2.75) is 6.92 Å². The number of benzene rings is 1. The Kier molecular flexibility index (Phi) is 4.15. The second-order valence-electron chi connectivity index (χ2n) is 4.59. The maximum Gasteiger partial charge on any atom is 0.112 e. The highest BCUT2D eigenvalue weighted by Gasteiger charge is 2.08. The summed E-state index contributed by atoms with van der Waals surface area (Å²) in [5, 5.41) is 4.07. The molecule has 0 saturated heterocycles. The zero-order valence-electron chi connectivity index (χ0n) is 11.0. The molecule has 6 heteroatoms. The summed E-state index contributed by atoms with van der Waals surface area (Å²) in [6.45, 7) is 1.97. The number of halogens is 3. The van der Waals surface area contributed by atoms with E-state index in [0.29, 0.717) is 0 Å². The lowest BCUT2D eigenvalue weighted by atomic mass is 10.2. The fraction of sp³-hybridized carbons (Fsp3) is 0.0667. The molecule has 2 heterocycles. The molecule has 0 unspecified atom stereocenters. The summed E-state index contributed by atoms with van der Waals surface area (Å²) in [7, 11) is 0. The fourth-order valence-corrected chi connectivity index (χ4v) is 3.03. The van der Waals surface area contributed by atoms with Crippen LogP contribution in [-0.2, 0) is 0 Å². The Labute approximate surface area is 144 Å². The number of anilines is 2. The molecule has 2 aromatic heterocycles. The Morgan fingerprint density at radius 3 is 2.71 bits per heavy atom. The summed E-state index contributed by atoms with van der Waals surface area (Å²) in [5.74, 6) is 0. The van der Waals surface area contributed by atoms with Crippen molar-refractivity contribution < 1.29 is 0 Å². The number of hydrogen-bond acceptors (Lipinski definition) is 3. The minimum Gasteiger partial charge on any atom is -0.353 e. The number of pyridine rings is 2. The highest BCUT2D eigenvalue weighted by Crippen LogP contribution is 2.33. The van der Waals surface area contributed by atoms with Crippen LogP contribution in [0.25, 0.3) is 11.0 Å². The van der Waals surface area contributed by atoms with Crippen molar-refractivity contribution in [3.05, 3.63) is 56.2 Å². The van der Waals surface area contributed by atoms with Crippen molar-refractivity contribution in [2.75, 3.05) is 5.32 Å². The molecule has 3 aromatic rings. The lowest BCUT2D eigenvalue weighted by Crippen LogP contribution is -1.96. The molecule has 106 valence electrons. The third-order valence-corrected chi connectivity index (χ3v) is 4.56. The Balaban J connectivity index is 2.08. The normalized spacial score (nSPS) is 10.9. The molecule has 1 N–H and O–H groups in total. The first-order valence-electron chi connectivity index (χ1n) is 6.17. The van der Waals surface area contributed by atoms with Crippen molar-refractivity contribution in [3.63, 3.8) is 0 Å². The van der Waals surface area contributed by atoms with Crippen molar-refractivity contribution in [1.82, 2.24) is 9.97 Å². The maximum absolute atomic E-state index is 6.20. The molecule has 0 radical (unpaired) electrons. The van der Waals surface area contributed by atoms with E-state index in [1.54, 1.807) is 12.4 Å². The van der Waals surface area contributed by atoms with Gasteiger partial charge in [0, 0.05) is 26.4 Å². The molecule has 0 saturated carbocycles. The highest BCUT2D eigenvalue weighted by molar-refractivity contribution is 9.10. The number of fused-ring (bicyclic) bond motifs is 1. The van der Waals surface area contributed by atoms with Crippen LogP contribution in [0.2, 0.25) is 5.02 Å². The molecule has 0 atom stereocenters. The largest absolute Gasteiger partial charge is 0.353 e. The molecule has 0 fully saturated rings. The first kappa shape index (κ1) is 14.8. The molecule has 0 aliphatic heterocycles. The molecular formula is C15H10Br2ClN3. The van der Waals surface area contributed by atoms with Gasteiger partial charge in [-0.25, -0.2) is 0 Å². The van der Waals surface area contributed by atoms with E-state index in [4.69, 9.17) is 11.6 Å². The molecule has 3 rings (SSSR count). The first-order valence-corrected chi connectivity index (χ1v) is 8.14. The molecule has 0 aliphatic carbocycles. The monoisotopic (exact) mass is 425 g/mol. The third-order valence-electron chi connectivity index (χ3n) is 3.06. The van der Waals surface area contributed by atoms with Gasteiger partial charge in [-0.3, -0.25) is 9.97 Å². The zero-order chi connectivity index (χ0) is 15.0. The van der Waals surface area contributed by atoms with Gasteiger partial charge >= 0.3 is 0 Å². The second-order valence-corrected chi connectivity index (χ2v) is 6.76. The summed E-state index contributed by atoms with van der Waals surface area (Å²) >= 11 is 13.2. The number of rotatable bonds is 2. The Morgan fingerprint density at radius 1 is 1.10 bits per heavy atom. The van der Waals surface area contributed by atoms with E-state index in [-0.39, 0.29) is 0 Å². The van der Waals surface area contributed by atoms with E-state index in [1.165, 1.54) is 0 Å². The SMILES string of the molecule is Cc1cc(Br)c(Nc2ccnc3cc(Br)cnc23)cc1Cl. The molecule has 0 aliphatic rings. The van der Waals surface area contributed by atoms with E-state index >= 15 is 0 Å². The highest BCUT2D eigenvalue weighted by atomic mass is 79.9. The Hall–Kier alpha value is -1.17. The fourth-order valence-electron chi connectivity index (χ4n) is 1.99. The minimum atomic E-state index is 0.717. The summed E-state index contributed by atoms with van der Waals surface area (Å²) in [6, 6.07) is 7.71. The number of nitrogens with one attached hydrogen (secondary N) is 1.